The van der Waals surface area contributed by atoms with E-state index < -0.39 is 36.4 Å². The number of aromatic nitrogens is 4. The van der Waals surface area contributed by atoms with Gasteiger partial charge in [0, 0.05) is 29.4 Å². The number of ether oxygens (including phenoxy) is 1. The van der Waals surface area contributed by atoms with Crippen LogP contribution in [0, 0.1) is 0 Å². The number of carbonyl (C=O) groups is 1. The second-order valence-corrected chi connectivity index (χ2v) is 10.2. The monoisotopic (exact) mass is 527 g/mol. The summed E-state index contributed by atoms with van der Waals surface area (Å²) < 4.78 is 7.07. The first-order valence-corrected chi connectivity index (χ1v) is 12.2. The molecule has 182 valence electrons. The molecule has 1 amide bonds. The molecule has 0 bridgehead atoms. The zero-order chi connectivity index (χ0) is 24.6. The lowest BCUT2D eigenvalue weighted by atomic mass is 9.97. The predicted molar refractivity (Wildman–Crippen MR) is 125 cm³/mol. The third-order valence-corrected chi connectivity index (χ3v) is 7.33. The van der Waals surface area contributed by atoms with Gasteiger partial charge in [0.25, 0.3) is 11.1 Å². The molecule has 0 spiro atoms. The van der Waals surface area contributed by atoms with Crippen molar-refractivity contribution in [1.82, 2.24) is 24.9 Å². The van der Waals surface area contributed by atoms with Gasteiger partial charge < -0.3 is 30.1 Å². The van der Waals surface area contributed by atoms with Gasteiger partial charge in [-0.15, -0.1) is 5.10 Å². The van der Waals surface area contributed by atoms with Crippen molar-refractivity contribution in [3.8, 4) is 16.6 Å². The molecule has 3 aromatic rings. The Morgan fingerprint density at radius 1 is 1.29 bits per heavy atom. The molecular formula is C20H22ClN5O6S2. The Morgan fingerprint density at radius 3 is 2.71 bits per heavy atom. The molecule has 1 fully saturated rings. The van der Waals surface area contributed by atoms with Gasteiger partial charge in [0.05, 0.1) is 18.4 Å². The lowest BCUT2D eigenvalue weighted by Gasteiger charge is -2.41. The van der Waals surface area contributed by atoms with Crippen LogP contribution in [0.3, 0.4) is 0 Å². The van der Waals surface area contributed by atoms with Crippen molar-refractivity contribution >= 4 is 40.6 Å². The molecule has 34 heavy (non-hydrogen) atoms. The zero-order valence-electron chi connectivity index (χ0n) is 18.0. The minimum absolute atomic E-state index is 0.128. The molecular weight excluding hydrogens is 506 g/mol. The van der Waals surface area contributed by atoms with Gasteiger partial charge in [-0.25, -0.2) is 9.67 Å². The summed E-state index contributed by atoms with van der Waals surface area (Å²) >= 11 is 8.24. The molecule has 3 unspecified atom stereocenters. The van der Waals surface area contributed by atoms with Gasteiger partial charge in [-0.2, -0.15) is 0 Å². The summed E-state index contributed by atoms with van der Waals surface area (Å²) in [5.41, 5.74) is 0.111. The normalized spacial score (nSPS) is 24.8. The van der Waals surface area contributed by atoms with Gasteiger partial charge in [0.2, 0.25) is 0 Å². The van der Waals surface area contributed by atoms with Crippen molar-refractivity contribution in [3.05, 3.63) is 40.4 Å². The highest BCUT2D eigenvalue weighted by molar-refractivity contribution is 8.00. The maximum atomic E-state index is 12.6. The standard InChI is InChI=1S/C20H22ClN5O6S2/c1-25(2)18(30)10-4-3-9(21)5-14(10)34-19-17(29)15(16(28)13(7-27)32-19)26-6-11(23-24-26)12-8-33-20(31)22-12/h3-6,8,13,15-17,19,27-29H,7H2,1-2H3,(H,22,31)/t13?,15?,16-,17?,19+/m0/s1. The van der Waals surface area contributed by atoms with Crippen LogP contribution >= 0.6 is 34.7 Å². The molecule has 1 aliphatic heterocycles. The van der Waals surface area contributed by atoms with Gasteiger partial charge in [-0.05, 0) is 18.2 Å². The van der Waals surface area contributed by atoms with Crippen molar-refractivity contribution < 1.29 is 30.0 Å². The largest absolute Gasteiger partial charge is 0.486 e. The van der Waals surface area contributed by atoms with E-state index >= 15 is 0 Å². The smallest absolute Gasteiger partial charge is 0.271 e. The Balaban J connectivity index is 1.65. The summed E-state index contributed by atoms with van der Waals surface area (Å²) in [5, 5.41) is 51.2. The number of carbonyl (C=O) groups excluding carboxylic acids is 1. The number of amides is 1. The fraction of sp³-hybridized carbons (Fsp3) is 0.400. The van der Waals surface area contributed by atoms with Crippen LogP contribution in [0.4, 0.5) is 0 Å². The van der Waals surface area contributed by atoms with Crippen molar-refractivity contribution in [3.63, 3.8) is 0 Å². The van der Waals surface area contributed by atoms with Crippen molar-refractivity contribution in [2.75, 3.05) is 20.7 Å². The molecule has 1 saturated heterocycles. The van der Waals surface area contributed by atoms with E-state index in [2.05, 4.69) is 15.3 Å². The van der Waals surface area contributed by atoms with Crippen LogP contribution in [-0.4, -0.2) is 95.7 Å². The number of rotatable bonds is 6. The SMILES string of the molecule is CN(C)C(=O)c1ccc(Cl)cc1S[C@H]1OC(CO)[C@H](O)C(n2cc(-c3csc(O)n3)nn2)C1O. The van der Waals surface area contributed by atoms with E-state index in [1.54, 1.807) is 37.7 Å². The second kappa shape index (κ2) is 10.2. The van der Waals surface area contributed by atoms with E-state index in [1.807, 2.05) is 0 Å². The van der Waals surface area contributed by atoms with Crippen LogP contribution in [0.2, 0.25) is 5.02 Å². The predicted octanol–water partition coefficient (Wildman–Crippen LogP) is 1.23. The van der Waals surface area contributed by atoms with Crippen LogP contribution < -0.4 is 0 Å². The average Bonchev–Trinajstić information content (AvgIpc) is 3.44. The Bertz CT molecular complexity index is 1170. The molecule has 3 heterocycles. The summed E-state index contributed by atoms with van der Waals surface area (Å²) in [5.74, 6) is -0.257. The summed E-state index contributed by atoms with van der Waals surface area (Å²) in [6, 6.07) is 3.75. The number of aliphatic hydroxyl groups is 3. The van der Waals surface area contributed by atoms with E-state index in [4.69, 9.17) is 16.3 Å². The Hall–Kier alpha value is -2.26. The maximum Gasteiger partial charge on any atom is 0.271 e. The first-order chi connectivity index (χ1) is 16.2. The van der Waals surface area contributed by atoms with Crippen LogP contribution in [0.25, 0.3) is 11.4 Å². The number of hydrogen-bond acceptors (Lipinski definition) is 11. The summed E-state index contributed by atoms with van der Waals surface area (Å²) in [6.45, 7) is -0.512. The summed E-state index contributed by atoms with van der Waals surface area (Å²) in [4.78, 5) is 18.5. The molecule has 2 aromatic heterocycles. The number of halogens is 1. The number of thiazole rings is 1. The van der Waals surface area contributed by atoms with Gasteiger partial charge >= 0.3 is 0 Å². The number of hydrogen-bond donors (Lipinski definition) is 4. The Morgan fingerprint density at radius 2 is 2.06 bits per heavy atom. The molecule has 1 aliphatic rings. The van der Waals surface area contributed by atoms with E-state index in [9.17, 15) is 25.2 Å². The van der Waals surface area contributed by atoms with Crippen LogP contribution in [0.5, 0.6) is 5.19 Å². The number of thioether (sulfide) groups is 1. The molecule has 4 rings (SSSR count). The highest BCUT2D eigenvalue weighted by Gasteiger charge is 2.46. The van der Waals surface area contributed by atoms with Crippen molar-refractivity contribution in [2.24, 2.45) is 0 Å². The van der Waals surface area contributed by atoms with Gasteiger partial charge in [0.1, 0.15) is 41.2 Å². The van der Waals surface area contributed by atoms with E-state index in [1.165, 1.54) is 15.8 Å². The molecule has 0 saturated carbocycles. The third-order valence-electron chi connectivity index (χ3n) is 5.24. The summed E-state index contributed by atoms with van der Waals surface area (Å²) in [6.07, 6.45) is -2.16. The third kappa shape index (κ3) is 4.91. The minimum Gasteiger partial charge on any atom is -0.486 e. The first-order valence-electron chi connectivity index (χ1n) is 10.1. The van der Waals surface area contributed by atoms with Crippen LogP contribution in [-0.2, 0) is 4.74 Å². The van der Waals surface area contributed by atoms with Gasteiger partial charge in [-0.1, -0.05) is 39.9 Å². The topological polar surface area (TPSA) is 154 Å². The van der Waals surface area contributed by atoms with E-state index in [-0.39, 0.29) is 11.1 Å². The van der Waals surface area contributed by atoms with Gasteiger partial charge in [0.15, 0.2) is 0 Å². The molecule has 11 nitrogen and oxygen atoms in total. The first kappa shape index (κ1) is 24.9. The van der Waals surface area contributed by atoms with Crippen molar-refractivity contribution in [1.29, 1.82) is 0 Å². The van der Waals surface area contributed by atoms with E-state index in [0.717, 1.165) is 23.1 Å². The second-order valence-electron chi connectivity index (χ2n) is 7.75. The summed E-state index contributed by atoms with van der Waals surface area (Å²) in [7, 11) is 3.24. The number of nitrogens with zero attached hydrogens (tertiary/aromatic N) is 5. The van der Waals surface area contributed by atoms with Crippen LogP contribution in [0.15, 0.2) is 34.7 Å². The number of benzene rings is 1. The molecule has 14 heteroatoms. The minimum atomic E-state index is -1.31. The molecule has 5 atom stereocenters. The maximum absolute atomic E-state index is 12.6. The molecule has 4 N–H and O–H groups in total. The number of aromatic hydroxyl groups is 1. The van der Waals surface area contributed by atoms with Crippen molar-refractivity contribution in [2.45, 2.75) is 34.7 Å². The quantitative estimate of drug-likeness (QED) is 0.368. The molecule has 0 aliphatic carbocycles. The Labute approximate surface area is 207 Å². The lowest BCUT2D eigenvalue weighted by Crippen LogP contribution is -2.55. The lowest BCUT2D eigenvalue weighted by molar-refractivity contribution is -0.178. The highest BCUT2D eigenvalue weighted by Crippen LogP contribution is 2.40. The van der Waals surface area contributed by atoms with E-state index in [0.29, 0.717) is 26.9 Å². The Kier molecular flexibility index (Phi) is 7.42. The highest BCUT2D eigenvalue weighted by atomic mass is 35.5. The zero-order valence-corrected chi connectivity index (χ0v) is 20.4. The molecule has 0 radical (unpaired) electrons. The fourth-order valence-corrected chi connectivity index (χ4v) is 5.54. The number of aliphatic hydroxyl groups excluding tert-OH is 3. The average molecular weight is 528 g/mol. The molecule has 1 aromatic carbocycles. The van der Waals surface area contributed by atoms with Gasteiger partial charge in [-0.3, -0.25) is 4.79 Å². The van der Waals surface area contributed by atoms with Crippen LogP contribution in [0.1, 0.15) is 16.4 Å². The fourth-order valence-electron chi connectivity index (χ4n) is 3.54.